The highest BCUT2D eigenvalue weighted by Crippen LogP contribution is 2.19. The van der Waals surface area contributed by atoms with Gasteiger partial charge in [0.15, 0.2) is 5.65 Å². The summed E-state index contributed by atoms with van der Waals surface area (Å²) in [4.78, 5) is 4.48. The Balaban J connectivity index is 1.80. The first-order valence-corrected chi connectivity index (χ1v) is 6.83. The Morgan fingerprint density at radius 3 is 2.95 bits per heavy atom. The van der Waals surface area contributed by atoms with Gasteiger partial charge in [-0.05, 0) is 30.7 Å². The molecule has 0 aliphatic heterocycles. The molecule has 0 spiro atoms. The third-order valence-electron chi connectivity index (χ3n) is 3.49. The first-order valence-electron chi connectivity index (χ1n) is 6.83. The van der Waals surface area contributed by atoms with Gasteiger partial charge in [0, 0.05) is 36.9 Å². The van der Waals surface area contributed by atoms with Crippen LogP contribution in [0.25, 0.3) is 11.0 Å². The summed E-state index contributed by atoms with van der Waals surface area (Å²) in [7, 11) is 3.58. The number of pyridine rings is 1. The summed E-state index contributed by atoms with van der Waals surface area (Å²) in [5.74, 6) is 0.844. The molecule has 0 radical (unpaired) electrons. The molecule has 0 bridgehead atoms. The van der Waals surface area contributed by atoms with Crippen LogP contribution in [0.3, 0.4) is 0 Å². The van der Waals surface area contributed by atoms with E-state index in [1.165, 1.54) is 0 Å². The summed E-state index contributed by atoms with van der Waals surface area (Å²) in [5.41, 5.74) is 4.07. The minimum Gasteiger partial charge on any atom is -0.497 e. The third kappa shape index (κ3) is 2.67. The predicted molar refractivity (Wildman–Crippen MR) is 83.6 cm³/mol. The molecule has 0 aliphatic carbocycles. The molecular formula is C16H18N4O. The van der Waals surface area contributed by atoms with Crippen molar-refractivity contribution in [3.05, 3.63) is 47.8 Å². The fourth-order valence-electron chi connectivity index (χ4n) is 2.38. The van der Waals surface area contributed by atoms with Gasteiger partial charge in [0.1, 0.15) is 5.75 Å². The molecule has 0 atom stereocenters. The maximum atomic E-state index is 5.22. The summed E-state index contributed by atoms with van der Waals surface area (Å²) >= 11 is 0. The Hall–Kier alpha value is -2.56. The number of hydrogen-bond acceptors (Lipinski definition) is 4. The van der Waals surface area contributed by atoms with E-state index in [-0.39, 0.29) is 0 Å². The van der Waals surface area contributed by atoms with Crippen molar-refractivity contribution in [2.75, 3.05) is 12.4 Å². The highest BCUT2D eigenvalue weighted by Gasteiger charge is 2.07. The van der Waals surface area contributed by atoms with Gasteiger partial charge in [-0.1, -0.05) is 6.07 Å². The van der Waals surface area contributed by atoms with Crippen LogP contribution in [0.15, 0.2) is 36.5 Å². The molecule has 0 saturated carbocycles. The summed E-state index contributed by atoms with van der Waals surface area (Å²) in [5, 5.41) is 8.87. The van der Waals surface area contributed by atoms with Crippen LogP contribution >= 0.6 is 0 Å². The van der Waals surface area contributed by atoms with E-state index in [4.69, 9.17) is 4.74 Å². The summed E-state index contributed by atoms with van der Waals surface area (Å²) < 4.78 is 7.03. The van der Waals surface area contributed by atoms with Crippen LogP contribution < -0.4 is 10.1 Å². The average molecular weight is 282 g/mol. The van der Waals surface area contributed by atoms with Crippen molar-refractivity contribution in [3.63, 3.8) is 0 Å². The average Bonchev–Trinajstić information content (AvgIpc) is 2.80. The van der Waals surface area contributed by atoms with Crippen LogP contribution in [0, 0.1) is 6.92 Å². The van der Waals surface area contributed by atoms with E-state index in [1.807, 2.05) is 49.1 Å². The zero-order valence-corrected chi connectivity index (χ0v) is 12.4. The fourth-order valence-corrected chi connectivity index (χ4v) is 2.38. The molecule has 0 saturated heterocycles. The highest BCUT2D eigenvalue weighted by atomic mass is 16.5. The topological polar surface area (TPSA) is 52.0 Å². The number of benzene rings is 1. The first-order chi connectivity index (χ1) is 10.2. The Bertz CT molecular complexity index is 779. The number of nitrogens with zero attached hydrogens (tertiary/aromatic N) is 3. The Kier molecular flexibility index (Phi) is 3.48. The molecule has 2 aromatic heterocycles. The number of hydrogen-bond donors (Lipinski definition) is 1. The van der Waals surface area contributed by atoms with Gasteiger partial charge in [0.2, 0.25) is 0 Å². The smallest absolute Gasteiger partial charge is 0.157 e. The van der Waals surface area contributed by atoms with Gasteiger partial charge in [-0.25, -0.2) is 4.98 Å². The molecule has 0 unspecified atom stereocenters. The van der Waals surface area contributed by atoms with Crippen LogP contribution in [-0.4, -0.2) is 21.9 Å². The van der Waals surface area contributed by atoms with E-state index >= 15 is 0 Å². The fraction of sp³-hybridized carbons (Fsp3) is 0.250. The lowest BCUT2D eigenvalue weighted by molar-refractivity contribution is 0.415. The van der Waals surface area contributed by atoms with Crippen LogP contribution in [0.1, 0.15) is 11.3 Å². The first kappa shape index (κ1) is 13.4. The molecule has 0 fully saturated rings. The summed E-state index contributed by atoms with van der Waals surface area (Å²) in [6.07, 6.45) is 1.89. The second kappa shape index (κ2) is 5.44. The Labute approximate surface area is 123 Å². The Morgan fingerprint density at radius 1 is 1.29 bits per heavy atom. The van der Waals surface area contributed by atoms with Crippen LogP contribution in [0.2, 0.25) is 0 Å². The highest BCUT2D eigenvalue weighted by molar-refractivity contribution is 5.78. The minimum atomic E-state index is 0.713. The second-order valence-corrected chi connectivity index (χ2v) is 5.01. The van der Waals surface area contributed by atoms with E-state index in [0.717, 1.165) is 33.7 Å². The number of methoxy groups -OCH3 is 1. The van der Waals surface area contributed by atoms with Crippen LogP contribution in [0.5, 0.6) is 5.75 Å². The molecular weight excluding hydrogens is 264 g/mol. The van der Waals surface area contributed by atoms with Gasteiger partial charge in [0.05, 0.1) is 12.8 Å². The maximum Gasteiger partial charge on any atom is 0.157 e. The molecule has 3 aromatic rings. The van der Waals surface area contributed by atoms with Crippen LogP contribution in [0.4, 0.5) is 5.69 Å². The van der Waals surface area contributed by atoms with Crippen molar-refractivity contribution >= 4 is 16.7 Å². The molecule has 0 aliphatic rings. The maximum absolute atomic E-state index is 5.22. The zero-order valence-electron chi connectivity index (χ0n) is 12.4. The molecule has 5 nitrogen and oxygen atoms in total. The van der Waals surface area contributed by atoms with Gasteiger partial charge in [0.25, 0.3) is 0 Å². The zero-order chi connectivity index (χ0) is 14.8. The van der Waals surface area contributed by atoms with Crippen LogP contribution in [-0.2, 0) is 13.6 Å². The normalized spacial score (nSPS) is 10.8. The number of rotatable bonds is 4. The standard InChI is InChI=1S/C16H18N4O/c1-11-15-7-12(10-18-16(15)20(2)19-11)9-17-13-5-4-6-14(8-13)21-3/h4-8,10,17H,9H2,1-3H3. The van der Waals surface area contributed by atoms with E-state index in [1.54, 1.807) is 7.11 Å². The lowest BCUT2D eigenvalue weighted by Crippen LogP contribution is -2.00. The Morgan fingerprint density at radius 2 is 2.14 bits per heavy atom. The van der Waals surface area contributed by atoms with Gasteiger partial charge in [-0.3, -0.25) is 4.68 Å². The predicted octanol–water partition coefficient (Wildman–Crippen LogP) is 2.90. The molecule has 21 heavy (non-hydrogen) atoms. The number of nitrogens with one attached hydrogen (secondary N) is 1. The van der Waals surface area contributed by atoms with E-state index in [9.17, 15) is 0 Å². The lowest BCUT2D eigenvalue weighted by Gasteiger charge is -2.08. The van der Waals surface area contributed by atoms with Crippen molar-refractivity contribution in [1.29, 1.82) is 0 Å². The van der Waals surface area contributed by atoms with Gasteiger partial charge >= 0.3 is 0 Å². The number of aromatic nitrogens is 3. The van der Waals surface area contributed by atoms with Crippen molar-refractivity contribution < 1.29 is 4.74 Å². The SMILES string of the molecule is COc1cccc(NCc2cnc3c(c2)c(C)nn3C)c1. The third-order valence-corrected chi connectivity index (χ3v) is 3.49. The number of anilines is 1. The molecule has 1 aromatic carbocycles. The second-order valence-electron chi connectivity index (χ2n) is 5.01. The van der Waals surface area contributed by atoms with Crippen molar-refractivity contribution in [3.8, 4) is 5.75 Å². The molecule has 0 amide bonds. The van der Waals surface area contributed by atoms with E-state index < -0.39 is 0 Å². The largest absolute Gasteiger partial charge is 0.497 e. The van der Waals surface area contributed by atoms with Gasteiger partial charge in [-0.15, -0.1) is 0 Å². The summed E-state index contributed by atoms with van der Waals surface area (Å²) in [6.45, 7) is 2.72. The lowest BCUT2D eigenvalue weighted by atomic mass is 10.2. The van der Waals surface area contributed by atoms with E-state index in [2.05, 4.69) is 21.5 Å². The number of fused-ring (bicyclic) bond motifs is 1. The molecule has 108 valence electrons. The van der Waals surface area contributed by atoms with Gasteiger partial charge < -0.3 is 10.1 Å². The molecule has 2 heterocycles. The molecule has 1 N–H and O–H groups in total. The number of aryl methyl sites for hydroxylation is 2. The quantitative estimate of drug-likeness (QED) is 0.799. The monoisotopic (exact) mass is 282 g/mol. The van der Waals surface area contributed by atoms with E-state index in [0.29, 0.717) is 6.54 Å². The van der Waals surface area contributed by atoms with Crippen molar-refractivity contribution in [2.45, 2.75) is 13.5 Å². The van der Waals surface area contributed by atoms with Crippen molar-refractivity contribution in [2.24, 2.45) is 7.05 Å². The van der Waals surface area contributed by atoms with Gasteiger partial charge in [-0.2, -0.15) is 5.10 Å². The number of ether oxygens (including phenoxy) is 1. The molecule has 3 rings (SSSR count). The summed E-state index contributed by atoms with van der Waals surface area (Å²) in [6, 6.07) is 10.0. The molecule has 5 heteroatoms. The minimum absolute atomic E-state index is 0.713. The van der Waals surface area contributed by atoms with Crippen molar-refractivity contribution in [1.82, 2.24) is 14.8 Å².